The number of aromatic amines is 1. The minimum absolute atomic E-state index is 0.497. The Labute approximate surface area is 105 Å². The first-order valence-electron chi connectivity index (χ1n) is 5.52. The molecule has 0 fully saturated rings. The number of nitrogens with zero attached hydrogens (tertiary/aromatic N) is 4. The lowest BCUT2D eigenvalue weighted by atomic mass is 10.2. The van der Waals surface area contributed by atoms with Crippen LogP contribution in [0.5, 0.6) is 0 Å². The molecule has 0 aromatic carbocycles. The number of rotatable bonds is 3. The van der Waals surface area contributed by atoms with Gasteiger partial charge in [0.2, 0.25) is 0 Å². The highest BCUT2D eigenvalue weighted by atomic mass is 32.1. The first kappa shape index (κ1) is 11.9. The quantitative estimate of drug-likeness (QED) is 0.848. The van der Waals surface area contributed by atoms with Gasteiger partial charge in [-0.25, -0.2) is 4.98 Å². The average molecular weight is 249 g/mol. The zero-order valence-electron chi connectivity index (χ0n) is 10.1. The Morgan fingerprint density at radius 3 is 2.71 bits per heavy atom. The summed E-state index contributed by atoms with van der Waals surface area (Å²) in [4.78, 5) is 8.54. The molecule has 0 saturated heterocycles. The van der Waals surface area contributed by atoms with Crippen LogP contribution in [-0.4, -0.2) is 24.7 Å². The van der Waals surface area contributed by atoms with E-state index in [0.717, 1.165) is 23.8 Å². The predicted octanol–water partition coefficient (Wildman–Crippen LogP) is 2.36. The molecule has 0 aliphatic rings. The van der Waals surface area contributed by atoms with Crippen LogP contribution in [0.4, 0.5) is 0 Å². The molecule has 1 N–H and O–H groups in total. The second-order valence-corrected chi connectivity index (χ2v) is 4.79. The van der Waals surface area contributed by atoms with Crippen molar-refractivity contribution in [2.75, 3.05) is 0 Å². The van der Waals surface area contributed by atoms with Gasteiger partial charge in [0, 0.05) is 12.7 Å². The van der Waals surface area contributed by atoms with Gasteiger partial charge in [-0.1, -0.05) is 13.8 Å². The molecule has 2 aromatic rings. The van der Waals surface area contributed by atoms with Gasteiger partial charge in [-0.3, -0.25) is 14.6 Å². The third kappa shape index (κ3) is 2.58. The van der Waals surface area contributed by atoms with E-state index in [1.165, 1.54) is 0 Å². The summed E-state index contributed by atoms with van der Waals surface area (Å²) in [6.07, 6.45) is 3.45. The van der Waals surface area contributed by atoms with Crippen LogP contribution in [0.2, 0.25) is 0 Å². The number of hydrogen-bond acceptors (Lipinski definition) is 4. The second-order valence-electron chi connectivity index (χ2n) is 4.40. The average Bonchev–Trinajstić information content (AvgIpc) is 2.61. The van der Waals surface area contributed by atoms with Gasteiger partial charge in [0.15, 0.2) is 10.6 Å². The Balaban J connectivity index is 2.45. The molecule has 0 saturated carbocycles. The van der Waals surface area contributed by atoms with Gasteiger partial charge in [0.25, 0.3) is 0 Å². The van der Waals surface area contributed by atoms with E-state index in [9.17, 15) is 0 Å². The molecule has 17 heavy (non-hydrogen) atoms. The molecule has 0 bridgehead atoms. The maximum Gasteiger partial charge on any atom is 0.195 e. The first-order chi connectivity index (χ1) is 8.08. The summed E-state index contributed by atoms with van der Waals surface area (Å²) in [5.74, 6) is 1.24. The van der Waals surface area contributed by atoms with Crippen molar-refractivity contribution in [2.24, 2.45) is 5.92 Å². The van der Waals surface area contributed by atoms with Crippen molar-refractivity contribution in [2.45, 2.75) is 27.3 Å². The van der Waals surface area contributed by atoms with Crippen molar-refractivity contribution in [1.82, 2.24) is 24.7 Å². The maximum atomic E-state index is 5.21. The topological polar surface area (TPSA) is 59.4 Å². The Kier molecular flexibility index (Phi) is 3.33. The van der Waals surface area contributed by atoms with E-state index >= 15 is 0 Å². The number of nitrogens with one attached hydrogen (secondary N) is 1. The molecule has 0 aliphatic heterocycles. The largest absolute Gasteiger partial charge is 0.299 e. The number of H-pyrrole nitrogens is 1. The van der Waals surface area contributed by atoms with Gasteiger partial charge in [-0.15, -0.1) is 0 Å². The summed E-state index contributed by atoms with van der Waals surface area (Å²) in [5, 5.41) is 7.02. The Morgan fingerprint density at radius 1 is 1.35 bits per heavy atom. The summed E-state index contributed by atoms with van der Waals surface area (Å²) >= 11 is 5.21. The van der Waals surface area contributed by atoms with Crippen molar-refractivity contribution in [3.05, 3.63) is 22.9 Å². The SMILES string of the molecule is Cc1cnc(-c2n[nH]c(=S)n2CC(C)C)cn1. The molecule has 0 aliphatic carbocycles. The lowest BCUT2D eigenvalue weighted by Gasteiger charge is -2.08. The fraction of sp³-hybridized carbons (Fsp3) is 0.455. The molecule has 90 valence electrons. The van der Waals surface area contributed by atoms with Crippen LogP contribution in [0, 0.1) is 17.6 Å². The normalized spacial score (nSPS) is 11.1. The summed E-state index contributed by atoms with van der Waals surface area (Å²) in [7, 11) is 0. The van der Waals surface area contributed by atoms with E-state index in [4.69, 9.17) is 12.2 Å². The Hall–Kier alpha value is -1.56. The minimum atomic E-state index is 0.497. The third-order valence-corrected chi connectivity index (χ3v) is 2.63. The molecular weight excluding hydrogens is 234 g/mol. The van der Waals surface area contributed by atoms with E-state index < -0.39 is 0 Å². The van der Waals surface area contributed by atoms with Crippen molar-refractivity contribution >= 4 is 12.2 Å². The van der Waals surface area contributed by atoms with Gasteiger partial charge in [-0.05, 0) is 25.1 Å². The smallest absolute Gasteiger partial charge is 0.195 e. The van der Waals surface area contributed by atoms with Crippen LogP contribution < -0.4 is 0 Å². The van der Waals surface area contributed by atoms with Crippen LogP contribution in [0.25, 0.3) is 11.5 Å². The van der Waals surface area contributed by atoms with Crippen LogP contribution in [0.1, 0.15) is 19.5 Å². The van der Waals surface area contributed by atoms with Crippen LogP contribution >= 0.6 is 12.2 Å². The molecular formula is C11H15N5S. The van der Waals surface area contributed by atoms with Crippen molar-refractivity contribution in [1.29, 1.82) is 0 Å². The first-order valence-corrected chi connectivity index (χ1v) is 5.93. The van der Waals surface area contributed by atoms with Crippen molar-refractivity contribution in [3.8, 4) is 11.5 Å². The number of hydrogen-bond donors (Lipinski definition) is 1. The molecule has 2 heterocycles. The van der Waals surface area contributed by atoms with E-state index in [0.29, 0.717) is 10.7 Å². The molecule has 0 spiro atoms. The number of aryl methyl sites for hydroxylation is 1. The minimum Gasteiger partial charge on any atom is -0.299 e. The Morgan fingerprint density at radius 2 is 2.12 bits per heavy atom. The molecule has 5 nitrogen and oxygen atoms in total. The van der Waals surface area contributed by atoms with Crippen LogP contribution in [-0.2, 0) is 6.54 Å². The summed E-state index contributed by atoms with van der Waals surface area (Å²) in [5.41, 5.74) is 1.63. The zero-order chi connectivity index (χ0) is 12.4. The Bertz CT molecular complexity index is 552. The molecule has 0 unspecified atom stereocenters. The molecule has 0 amide bonds. The summed E-state index contributed by atoms with van der Waals surface area (Å²) < 4.78 is 2.58. The molecule has 0 atom stereocenters. The van der Waals surface area contributed by atoms with Gasteiger partial charge in [0.1, 0.15) is 5.69 Å². The summed E-state index contributed by atoms with van der Waals surface area (Å²) in [6, 6.07) is 0. The predicted molar refractivity (Wildman–Crippen MR) is 68.0 cm³/mol. The van der Waals surface area contributed by atoms with E-state index in [1.807, 2.05) is 11.5 Å². The monoisotopic (exact) mass is 249 g/mol. The second kappa shape index (κ2) is 4.75. The zero-order valence-corrected chi connectivity index (χ0v) is 11.0. The number of aromatic nitrogens is 5. The van der Waals surface area contributed by atoms with Crippen LogP contribution in [0.15, 0.2) is 12.4 Å². The van der Waals surface area contributed by atoms with Gasteiger partial charge in [-0.2, -0.15) is 5.10 Å². The highest BCUT2D eigenvalue weighted by molar-refractivity contribution is 7.71. The van der Waals surface area contributed by atoms with Gasteiger partial charge in [0.05, 0.1) is 11.9 Å². The van der Waals surface area contributed by atoms with E-state index in [1.54, 1.807) is 12.4 Å². The van der Waals surface area contributed by atoms with E-state index in [2.05, 4.69) is 34.0 Å². The van der Waals surface area contributed by atoms with Crippen molar-refractivity contribution < 1.29 is 0 Å². The highest BCUT2D eigenvalue weighted by Crippen LogP contribution is 2.15. The molecule has 2 aromatic heterocycles. The molecule has 6 heteroatoms. The molecule has 0 radical (unpaired) electrons. The van der Waals surface area contributed by atoms with E-state index in [-0.39, 0.29) is 0 Å². The maximum absolute atomic E-state index is 5.21. The van der Waals surface area contributed by atoms with Gasteiger partial charge < -0.3 is 0 Å². The fourth-order valence-electron chi connectivity index (χ4n) is 1.56. The van der Waals surface area contributed by atoms with Crippen molar-refractivity contribution in [3.63, 3.8) is 0 Å². The van der Waals surface area contributed by atoms with Gasteiger partial charge >= 0.3 is 0 Å². The fourth-order valence-corrected chi connectivity index (χ4v) is 1.76. The highest BCUT2D eigenvalue weighted by Gasteiger charge is 2.11. The molecule has 2 rings (SSSR count). The lowest BCUT2D eigenvalue weighted by Crippen LogP contribution is -2.07. The summed E-state index contributed by atoms with van der Waals surface area (Å²) in [6.45, 7) is 7.00. The lowest BCUT2D eigenvalue weighted by molar-refractivity contribution is 0.521. The third-order valence-electron chi connectivity index (χ3n) is 2.32. The van der Waals surface area contributed by atoms with Crippen LogP contribution in [0.3, 0.4) is 0 Å². The standard InChI is InChI=1S/C11H15N5S/c1-7(2)6-16-10(14-15-11(16)17)9-5-12-8(3)4-13-9/h4-5,7H,6H2,1-3H3,(H,15,17).